The molecule has 0 fully saturated rings. The Hall–Kier alpha value is -2.14. The first-order valence-corrected chi connectivity index (χ1v) is 27.2. The Bertz CT molecular complexity index is 1030. The summed E-state index contributed by atoms with van der Waals surface area (Å²) in [5.41, 5.74) is 0. The van der Waals surface area contributed by atoms with E-state index in [0.717, 1.165) is 64.2 Å². The number of unbranched alkanes of at least 4 members (excludes halogenated alkanes) is 31. The summed E-state index contributed by atoms with van der Waals surface area (Å²) in [7, 11) is 0. The van der Waals surface area contributed by atoms with E-state index in [-0.39, 0.29) is 25.2 Å². The molecule has 1 atom stereocenters. The first kappa shape index (κ1) is 59.9. The zero-order valence-electron chi connectivity index (χ0n) is 41.6. The second-order valence-electron chi connectivity index (χ2n) is 18.1. The van der Waals surface area contributed by atoms with Gasteiger partial charge in [0, 0.05) is 19.4 Å². The molecule has 0 saturated heterocycles. The molecule has 0 N–H and O–H groups in total. The van der Waals surface area contributed by atoms with E-state index < -0.39 is 6.10 Å². The van der Waals surface area contributed by atoms with Crippen LogP contribution in [0.25, 0.3) is 0 Å². The minimum absolute atomic E-state index is 0.0792. The zero-order chi connectivity index (χ0) is 44.9. The SMILES string of the molecule is CCCCC/C=C\C/C=C\C/C=C\CCCCCCCCC(=O)OCC(COCCCCCCCC/C=C\CCCCCC)OC(=O)CCCCCCCCCCCCCCC. The summed E-state index contributed by atoms with van der Waals surface area (Å²) >= 11 is 0. The summed E-state index contributed by atoms with van der Waals surface area (Å²) < 4.78 is 17.4. The fourth-order valence-electron chi connectivity index (χ4n) is 7.75. The third kappa shape index (κ3) is 50.5. The third-order valence-corrected chi connectivity index (χ3v) is 11.8. The van der Waals surface area contributed by atoms with Crippen LogP contribution < -0.4 is 0 Å². The average Bonchev–Trinajstić information content (AvgIpc) is 3.27. The van der Waals surface area contributed by atoms with Gasteiger partial charge in [-0.15, -0.1) is 0 Å². The smallest absolute Gasteiger partial charge is 0.306 e. The van der Waals surface area contributed by atoms with E-state index in [1.807, 2.05) is 0 Å². The van der Waals surface area contributed by atoms with Gasteiger partial charge in [-0.05, 0) is 83.5 Å². The van der Waals surface area contributed by atoms with Crippen molar-refractivity contribution in [3.05, 3.63) is 48.6 Å². The monoisotopic (exact) mass is 869 g/mol. The molecule has 0 rings (SSSR count). The molecular formula is C57H104O5. The first-order chi connectivity index (χ1) is 30.6. The summed E-state index contributed by atoms with van der Waals surface area (Å²) in [5, 5.41) is 0. The van der Waals surface area contributed by atoms with Crippen LogP contribution in [0.2, 0.25) is 0 Å². The van der Waals surface area contributed by atoms with Gasteiger partial charge < -0.3 is 14.2 Å². The largest absolute Gasteiger partial charge is 0.462 e. The first-order valence-electron chi connectivity index (χ1n) is 27.2. The maximum atomic E-state index is 12.8. The molecule has 0 saturated carbocycles. The van der Waals surface area contributed by atoms with Crippen LogP contribution in [0.4, 0.5) is 0 Å². The Balaban J connectivity index is 4.26. The van der Waals surface area contributed by atoms with Gasteiger partial charge >= 0.3 is 11.9 Å². The van der Waals surface area contributed by atoms with E-state index in [2.05, 4.69) is 69.4 Å². The fraction of sp³-hybridized carbons (Fsp3) is 0.825. The van der Waals surface area contributed by atoms with Gasteiger partial charge in [-0.1, -0.05) is 230 Å². The molecule has 1 unspecified atom stereocenters. The van der Waals surface area contributed by atoms with Gasteiger partial charge in [0.2, 0.25) is 0 Å². The molecule has 0 heterocycles. The molecule has 0 aromatic carbocycles. The van der Waals surface area contributed by atoms with Crippen LogP contribution >= 0.6 is 0 Å². The van der Waals surface area contributed by atoms with E-state index in [1.165, 1.54) is 180 Å². The molecule has 0 amide bonds. The number of carbonyl (C=O) groups excluding carboxylic acids is 2. The topological polar surface area (TPSA) is 61.8 Å². The number of carbonyl (C=O) groups is 2. The highest BCUT2D eigenvalue weighted by Crippen LogP contribution is 2.15. The van der Waals surface area contributed by atoms with Gasteiger partial charge in [0.25, 0.3) is 0 Å². The Labute approximate surface area is 386 Å². The Kier molecular flexibility index (Phi) is 51.4. The Morgan fingerprint density at radius 3 is 1.15 bits per heavy atom. The van der Waals surface area contributed by atoms with Crippen LogP contribution in [-0.4, -0.2) is 37.9 Å². The van der Waals surface area contributed by atoms with Crippen LogP contribution in [-0.2, 0) is 23.8 Å². The molecule has 5 nitrogen and oxygen atoms in total. The number of hydrogen-bond acceptors (Lipinski definition) is 5. The summed E-state index contributed by atoms with van der Waals surface area (Å²) in [6.45, 7) is 7.80. The van der Waals surface area contributed by atoms with Crippen molar-refractivity contribution in [2.45, 2.75) is 284 Å². The lowest BCUT2D eigenvalue weighted by Gasteiger charge is -2.18. The normalized spacial score (nSPS) is 12.5. The van der Waals surface area contributed by atoms with E-state index in [0.29, 0.717) is 19.4 Å². The second-order valence-corrected chi connectivity index (χ2v) is 18.1. The van der Waals surface area contributed by atoms with Crippen molar-refractivity contribution in [3.63, 3.8) is 0 Å². The highest BCUT2D eigenvalue weighted by molar-refractivity contribution is 5.70. The molecule has 362 valence electrons. The zero-order valence-corrected chi connectivity index (χ0v) is 41.6. The molecule has 0 aliphatic carbocycles. The molecule has 0 aliphatic heterocycles. The highest BCUT2D eigenvalue weighted by Gasteiger charge is 2.17. The van der Waals surface area contributed by atoms with Gasteiger partial charge in [0.05, 0.1) is 6.61 Å². The fourth-order valence-corrected chi connectivity index (χ4v) is 7.75. The van der Waals surface area contributed by atoms with Crippen LogP contribution in [0, 0.1) is 0 Å². The van der Waals surface area contributed by atoms with Gasteiger partial charge in [-0.25, -0.2) is 0 Å². The molecule has 0 radical (unpaired) electrons. The number of rotatable bonds is 50. The lowest BCUT2D eigenvalue weighted by atomic mass is 10.0. The molecule has 0 aliphatic rings. The van der Waals surface area contributed by atoms with Crippen LogP contribution in [0.1, 0.15) is 278 Å². The second kappa shape index (κ2) is 53.2. The van der Waals surface area contributed by atoms with Crippen LogP contribution in [0.5, 0.6) is 0 Å². The van der Waals surface area contributed by atoms with Crippen molar-refractivity contribution in [2.24, 2.45) is 0 Å². The average molecular weight is 869 g/mol. The predicted molar refractivity (Wildman–Crippen MR) is 270 cm³/mol. The summed E-state index contributed by atoms with van der Waals surface area (Å²) in [4.78, 5) is 25.4. The van der Waals surface area contributed by atoms with Crippen LogP contribution in [0.3, 0.4) is 0 Å². The quantitative estimate of drug-likeness (QED) is 0.0346. The Morgan fingerprint density at radius 1 is 0.355 bits per heavy atom. The Morgan fingerprint density at radius 2 is 0.677 bits per heavy atom. The molecule has 5 heteroatoms. The highest BCUT2D eigenvalue weighted by atomic mass is 16.6. The van der Waals surface area contributed by atoms with E-state index in [1.54, 1.807) is 0 Å². The van der Waals surface area contributed by atoms with Crippen LogP contribution in [0.15, 0.2) is 48.6 Å². The maximum Gasteiger partial charge on any atom is 0.306 e. The van der Waals surface area contributed by atoms with Crippen molar-refractivity contribution >= 4 is 11.9 Å². The minimum atomic E-state index is -0.541. The predicted octanol–water partition coefficient (Wildman–Crippen LogP) is 18.3. The van der Waals surface area contributed by atoms with Crippen molar-refractivity contribution in [3.8, 4) is 0 Å². The summed E-state index contributed by atoms with van der Waals surface area (Å²) in [5.74, 6) is -0.403. The van der Waals surface area contributed by atoms with Gasteiger partial charge in [-0.2, -0.15) is 0 Å². The number of allylic oxidation sites excluding steroid dienone is 8. The van der Waals surface area contributed by atoms with Gasteiger partial charge in [0.1, 0.15) is 6.61 Å². The van der Waals surface area contributed by atoms with Crippen molar-refractivity contribution in [1.29, 1.82) is 0 Å². The maximum absolute atomic E-state index is 12.8. The molecule has 0 aromatic rings. The van der Waals surface area contributed by atoms with Crippen molar-refractivity contribution in [1.82, 2.24) is 0 Å². The standard InChI is InChI=1S/C57H104O5/c1-4-7-10-13-16-19-22-25-27-28-29-30-31-33-35-38-41-44-47-50-56(58)61-54-55(53-60-52-49-46-43-40-37-34-26-23-20-17-14-11-8-5-2)62-57(59)51-48-45-42-39-36-32-24-21-18-15-12-9-6-3/h16,19-20,23,25,27,29-30,55H,4-15,17-18,21-22,24,26,28,31-54H2,1-3H3/b19-16-,23-20-,27-25-,30-29-. The third-order valence-electron chi connectivity index (χ3n) is 11.8. The van der Waals surface area contributed by atoms with E-state index in [4.69, 9.17) is 14.2 Å². The van der Waals surface area contributed by atoms with Crippen molar-refractivity contribution < 1.29 is 23.8 Å². The van der Waals surface area contributed by atoms with E-state index in [9.17, 15) is 9.59 Å². The van der Waals surface area contributed by atoms with Crippen molar-refractivity contribution in [2.75, 3.05) is 19.8 Å². The molecule has 62 heavy (non-hydrogen) atoms. The lowest BCUT2D eigenvalue weighted by Crippen LogP contribution is -2.30. The molecular weight excluding hydrogens is 765 g/mol. The van der Waals surface area contributed by atoms with Gasteiger partial charge in [0.15, 0.2) is 6.10 Å². The lowest BCUT2D eigenvalue weighted by molar-refractivity contribution is -0.163. The summed E-state index contributed by atoms with van der Waals surface area (Å²) in [6.07, 6.45) is 65.4. The number of hydrogen-bond donors (Lipinski definition) is 0. The minimum Gasteiger partial charge on any atom is -0.462 e. The number of esters is 2. The van der Waals surface area contributed by atoms with Gasteiger partial charge in [-0.3, -0.25) is 9.59 Å². The van der Waals surface area contributed by atoms with E-state index >= 15 is 0 Å². The number of ether oxygens (including phenoxy) is 3. The molecule has 0 aromatic heterocycles. The summed E-state index contributed by atoms with van der Waals surface area (Å²) in [6, 6.07) is 0. The molecule has 0 bridgehead atoms. The molecule has 0 spiro atoms.